The third-order valence-electron chi connectivity index (χ3n) is 4.62. The summed E-state index contributed by atoms with van der Waals surface area (Å²) < 4.78 is 5.58. The van der Waals surface area contributed by atoms with Crippen LogP contribution in [0.3, 0.4) is 0 Å². The largest absolute Gasteiger partial charge is 0.444 e. The maximum atomic E-state index is 12.4. The lowest BCUT2D eigenvalue weighted by Crippen LogP contribution is -2.46. The number of nitrogens with zero attached hydrogens (tertiary/aromatic N) is 1. The van der Waals surface area contributed by atoms with Crippen LogP contribution in [0.1, 0.15) is 65.7 Å². The molecule has 2 aliphatic rings. The topological polar surface area (TPSA) is 41.6 Å². The van der Waals surface area contributed by atoms with E-state index in [9.17, 15) is 4.79 Å². The van der Waals surface area contributed by atoms with Gasteiger partial charge in [0.1, 0.15) is 5.60 Å². The lowest BCUT2D eigenvalue weighted by atomic mass is 9.89. The van der Waals surface area contributed by atoms with Crippen LogP contribution in [0, 0.1) is 5.92 Å². The van der Waals surface area contributed by atoms with Gasteiger partial charge in [-0.05, 0) is 84.7 Å². The van der Waals surface area contributed by atoms with E-state index < -0.39 is 5.60 Å². The molecule has 4 heteroatoms. The molecule has 2 aliphatic heterocycles. The van der Waals surface area contributed by atoms with Crippen molar-refractivity contribution < 1.29 is 9.53 Å². The molecule has 2 heterocycles. The van der Waals surface area contributed by atoms with Gasteiger partial charge >= 0.3 is 6.09 Å². The summed E-state index contributed by atoms with van der Waals surface area (Å²) in [6, 6.07) is 0.392. The maximum absolute atomic E-state index is 12.4. The first kappa shape index (κ1) is 16.6. The molecule has 0 saturated carbocycles. The van der Waals surface area contributed by atoms with Gasteiger partial charge in [-0.15, -0.1) is 0 Å². The minimum atomic E-state index is -0.395. The molecule has 0 radical (unpaired) electrons. The predicted molar refractivity (Wildman–Crippen MR) is 85.4 cm³/mol. The van der Waals surface area contributed by atoms with Crippen molar-refractivity contribution in [2.45, 2.75) is 77.4 Å². The summed E-state index contributed by atoms with van der Waals surface area (Å²) >= 11 is 0. The fourth-order valence-electron chi connectivity index (χ4n) is 3.46. The zero-order valence-electron chi connectivity index (χ0n) is 14.0. The lowest BCUT2D eigenvalue weighted by molar-refractivity contribution is 0.00797. The Balaban J connectivity index is 1.84. The number of piperidine rings is 2. The lowest BCUT2D eigenvalue weighted by Gasteiger charge is -2.37. The van der Waals surface area contributed by atoms with Crippen LogP contribution in [0.15, 0.2) is 0 Å². The number of ether oxygens (including phenoxy) is 1. The number of carbonyl (C=O) groups excluding carboxylic acids is 1. The molecule has 0 aromatic rings. The van der Waals surface area contributed by atoms with Gasteiger partial charge in [0.05, 0.1) is 0 Å². The Hall–Kier alpha value is -0.770. The molecule has 122 valence electrons. The van der Waals surface area contributed by atoms with Crippen LogP contribution in [0.2, 0.25) is 0 Å². The summed E-state index contributed by atoms with van der Waals surface area (Å²) in [7, 11) is 0. The second-order valence-electron chi connectivity index (χ2n) is 7.59. The van der Waals surface area contributed by atoms with E-state index in [0.717, 1.165) is 44.8 Å². The van der Waals surface area contributed by atoms with E-state index in [-0.39, 0.29) is 6.09 Å². The summed E-state index contributed by atoms with van der Waals surface area (Å²) in [6.07, 6.45) is 8.37. The Bertz CT molecular complexity index is 332. The quantitative estimate of drug-likeness (QED) is 0.866. The summed E-state index contributed by atoms with van der Waals surface area (Å²) in [5, 5.41) is 3.42. The van der Waals surface area contributed by atoms with Gasteiger partial charge < -0.3 is 15.0 Å². The molecular formula is C17H32N2O2. The summed E-state index contributed by atoms with van der Waals surface area (Å²) in [4.78, 5) is 14.4. The predicted octanol–water partition coefficient (Wildman–Crippen LogP) is 3.56. The highest BCUT2D eigenvalue weighted by Crippen LogP contribution is 2.27. The first-order valence-corrected chi connectivity index (χ1v) is 8.66. The van der Waals surface area contributed by atoms with E-state index in [1.54, 1.807) is 0 Å². The Morgan fingerprint density at radius 2 is 1.86 bits per heavy atom. The molecule has 1 atom stereocenters. The van der Waals surface area contributed by atoms with Gasteiger partial charge in [-0.25, -0.2) is 4.79 Å². The third kappa shape index (κ3) is 5.50. The number of carbonyl (C=O) groups is 1. The number of hydrogen-bond donors (Lipinski definition) is 1. The summed E-state index contributed by atoms with van der Waals surface area (Å²) in [6.45, 7) is 9.01. The molecule has 0 aliphatic carbocycles. The van der Waals surface area contributed by atoms with Crippen molar-refractivity contribution in [1.29, 1.82) is 0 Å². The van der Waals surface area contributed by atoms with E-state index in [1.807, 2.05) is 25.7 Å². The number of amides is 1. The Kier molecular flexibility index (Phi) is 5.91. The van der Waals surface area contributed by atoms with E-state index in [1.165, 1.54) is 25.7 Å². The average Bonchev–Trinajstić information content (AvgIpc) is 2.45. The van der Waals surface area contributed by atoms with Gasteiger partial charge in [0.2, 0.25) is 0 Å². The van der Waals surface area contributed by atoms with E-state index >= 15 is 0 Å². The third-order valence-corrected chi connectivity index (χ3v) is 4.62. The highest BCUT2D eigenvalue weighted by molar-refractivity contribution is 5.68. The standard InChI is InChI=1S/C17H32N2O2/c1-17(2,3)21-16(20)19-13-5-4-6-15(19)8-7-14-9-11-18-12-10-14/h14-15,18H,4-13H2,1-3H3. The zero-order valence-corrected chi connectivity index (χ0v) is 14.0. The molecule has 0 aromatic carbocycles. The monoisotopic (exact) mass is 296 g/mol. The van der Waals surface area contributed by atoms with Crippen molar-refractivity contribution in [1.82, 2.24) is 10.2 Å². The van der Waals surface area contributed by atoms with Crippen molar-refractivity contribution in [3.63, 3.8) is 0 Å². The number of rotatable bonds is 3. The minimum Gasteiger partial charge on any atom is -0.444 e. The summed E-state index contributed by atoms with van der Waals surface area (Å²) in [5.74, 6) is 0.841. The van der Waals surface area contributed by atoms with E-state index in [2.05, 4.69) is 5.32 Å². The van der Waals surface area contributed by atoms with Crippen molar-refractivity contribution in [3.05, 3.63) is 0 Å². The Labute approximate surface area is 129 Å². The maximum Gasteiger partial charge on any atom is 0.410 e. The van der Waals surface area contributed by atoms with Crippen LogP contribution >= 0.6 is 0 Å². The molecule has 2 fully saturated rings. The molecule has 21 heavy (non-hydrogen) atoms. The first-order chi connectivity index (χ1) is 9.96. The van der Waals surface area contributed by atoms with Gasteiger partial charge in [0.15, 0.2) is 0 Å². The number of likely N-dealkylation sites (tertiary alicyclic amines) is 1. The van der Waals surface area contributed by atoms with Crippen LogP contribution in [0.25, 0.3) is 0 Å². The SMILES string of the molecule is CC(C)(C)OC(=O)N1CCCCC1CCC1CCNCC1. The molecule has 0 bridgehead atoms. The highest BCUT2D eigenvalue weighted by atomic mass is 16.6. The first-order valence-electron chi connectivity index (χ1n) is 8.66. The molecule has 1 amide bonds. The molecule has 0 aromatic heterocycles. The van der Waals surface area contributed by atoms with Crippen molar-refractivity contribution in [2.75, 3.05) is 19.6 Å². The fourth-order valence-corrected chi connectivity index (χ4v) is 3.46. The van der Waals surface area contributed by atoms with Crippen LogP contribution in [0.4, 0.5) is 4.79 Å². The number of hydrogen-bond acceptors (Lipinski definition) is 3. The number of nitrogens with one attached hydrogen (secondary N) is 1. The Morgan fingerprint density at radius 3 is 2.52 bits per heavy atom. The molecule has 2 rings (SSSR count). The highest BCUT2D eigenvalue weighted by Gasteiger charge is 2.30. The zero-order chi connectivity index (χ0) is 15.3. The normalized spacial score (nSPS) is 24.9. The van der Waals surface area contributed by atoms with E-state index in [0.29, 0.717) is 6.04 Å². The van der Waals surface area contributed by atoms with Crippen LogP contribution in [-0.4, -0.2) is 42.3 Å². The molecule has 1 N–H and O–H groups in total. The smallest absolute Gasteiger partial charge is 0.410 e. The van der Waals surface area contributed by atoms with Gasteiger partial charge in [0.25, 0.3) is 0 Å². The second kappa shape index (κ2) is 7.48. The minimum absolute atomic E-state index is 0.113. The van der Waals surface area contributed by atoms with Gasteiger partial charge in [-0.1, -0.05) is 0 Å². The van der Waals surface area contributed by atoms with E-state index in [4.69, 9.17) is 4.74 Å². The van der Waals surface area contributed by atoms with Gasteiger partial charge in [-0.3, -0.25) is 0 Å². The Morgan fingerprint density at radius 1 is 1.14 bits per heavy atom. The van der Waals surface area contributed by atoms with Crippen LogP contribution < -0.4 is 5.32 Å². The summed E-state index contributed by atoms with van der Waals surface area (Å²) in [5.41, 5.74) is -0.395. The van der Waals surface area contributed by atoms with Crippen molar-refractivity contribution in [3.8, 4) is 0 Å². The second-order valence-corrected chi connectivity index (χ2v) is 7.59. The molecule has 2 saturated heterocycles. The molecular weight excluding hydrogens is 264 g/mol. The average molecular weight is 296 g/mol. The fraction of sp³-hybridized carbons (Fsp3) is 0.941. The van der Waals surface area contributed by atoms with Crippen LogP contribution in [0.5, 0.6) is 0 Å². The molecule has 0 spiro atoms. The van der Waals surface area contributed by atoms with Crippen molar-refractivity contribution >= 4 is 6.09 Å². The van der Waals surface area contributed by atoms with Crippen molar-refractivity contribution in [2.24, 2.45) is 5.92 Å². The van der Waals surface area contributed by atoms with Crippen LogP contribution in [-0.2, 0) is 4.74 Å². The molecule has 4 nitrogen and oxygen atoms in total. The van der Waals surface area contributed by atoms with Gasteiger partial charge in [-0.2, -0.15) is 0 Å². The van der Waals surface area contributed by atoms with Gasteiger partial charge in [0, 0.05) is 12.6 Å². The molecule has 1 unspecified atom stereocenters.